The fraction of sp³-hybridized carbons (Fsp3) is 0.700. The summed E-state index contributed by atoms with van der Waals surface area (Å²) >= 11 is 0. The molecule has 12 heavy (non-hydrogen) atoms. The first-order valence-corrected chi connectivity index (χ1v) is 4.44. The van der Waals surface area contributed by atoms with Crippen LogP contribution in [0.2, 0.25) is 0 Å². The summed E-state index contributed by atoms with van der Waals surface area (Å²) in [7, 11) is 0. The maximum absolute atomic E-state index is 10.5. The van der Waals surface area contributed by atoms with Crippen molar-refractivity contribution in [1.82, 2.24) is 0 Å². The number of rotatable bonds is 5. The highest BCUT2D eigenvalue weighted by Crippen LogP contribution is 2.11. The molecule has 2 unspecified atom stereocenters. The van der Waals surface area contributed by atoms with Gasteiger partial charge in [0.05, 0.1) is 6.10 Å². The lowest BCUT2D eigenvalue weighted by Gasteiger charge is -2.13. The second-order valence-corrected chi connectivity index (χ2v) is 3.23. The average Bonchev–Trinajstić information content (AvgIpc) is 2.00. The number of ketones is 1. The van der Waals surface area contributed by atoms with Gasteiger partial charge in [0.2, 0.25) is 0 Å². The maximum atomic E-state index is 10.5. The highest BCUT2D eigenvalue weighted by Gasteiger charge is 2.09. The van der Waals surface area contributed by atoms with Crippen molar-refractivity contribution >= 4 is 5.78 Å². The van der Waals surface area contributed by atoms with Crippen molar-refractivity contribution in [2.45, 2.75) is 39.7 Å². The third-order valence-electron chi connectivity index (χ3n) is 1.86. The Bertz CT molecular complexity index is 161. The number of carbonyl (C=O) groups is 1. The molecule has 2 atom stereocenters. The molecule has 0 saturated heterocycles. The smallest absolute Gasteiger partial charge is 0.152 e. The van der Waals surface area contributed by atoms with Crippen molar-refractivity contribution in [2.24, 2.45) is 5.92 Å². The summed E-state index contributed by atoms with van der Waals surface area (Å²) in [4.78, 5) is 10.5. The molecule has 0 aromatic heterocycles. The predicted octanol–water partition coefficient (Wildman–Crippen LogP) is 1.93. The van der Waals surface area contributed by atoms with Crippen LogP contribution in [0, 0.1) is 5.92 Å². The van der Waals surface area contributed by atoms with Gasteiger partial charge in [0, 0.05) is 0 Å². The van der Waals surface area contributed by atoms with Crippen LogP contribution in [0.1, 0.15) is 33.6 Å². The summed E-state index contributed by atoms with van der Waals surface area (Å²) in [5.41, 5.74) is 0. The molecule has 0 aliphatic rings. The Kier molecular flexibility index (Phi) is 5.64. The van der Waals surface area contributed by atoms with Crippen molar-refractivity contribution in [1.29, 1.82) is 0 Å². The van der Waals surface area contributed by atoms with Crippen LogP contribution in [-0.4, -0.2) is 17.0 Å². The van der Waals surface area contributed by atoms with Gasteiger partial charge < -0.3 is 5.11 Å². The molecule has 0 amide bonds. The minimum absolute atomic E-state index is 0.0160. The number of carbonyl (C=O) groups excluding carboxylic acids is 1. The van der Waals surface area contributed by atoms with Crippen LogP contribution < -0.4 is 0 Å². The van der Waals surface area contributed by atoms with Gasteiger partial charge in [-0.1, -0.05) is 26.3 Å². The first-order chi connectivity index (χ1) is 5.57. The minimum atomic E-state index is -0.478. The molecule has 0 aliphatic carbocycles. The quantitative estimate of drug-likeness (QED) is 0.640. The van der Waals surface area contributed by atoms with E-state index in [0.29, 0.717) is 0 Å². The Morgan fingerprint density at radius 3 is 2.58 bits per heavy atom. The van der Waals surface area contributed by atoms with Crippen molar-refractivity contribution in [3.05, 3.63) is 12.2 Å². The Hall–Kier alpha value is -0.630. The summed E-state index contributed by atoms with van der Waals surface area (Å²) in [5, 5.41) is 9.46. The second kappa shape index (κ2) is 5.95. The second-order valence-electron chi connectivity index (χ2n) is 3.23. The molecule has 0 heterocycles. The van der Waals surface area contributed by atoms with Gasteiger partial charge in [-0.3, -0.25) is 4.79 Å². The van der Waals surface area contributed by atoms with Gasteiger partial charge in [-0.25, -0.2) is 0 Å². The standard InChI is InChI=1S/C10H18O2/c1-4-5-8(2)10(12)7-6-9(3)11/h6-8,10,12H,4-5H2,1-3H3/b7-6+. The van der Waals surface area contributed by atoms with Crippen LogP contribution in [-0.2, 0) is 4.79 Å². The molecular formula is C10H18O2. The zero-order valence-corrected chi connectivity index (χ0v) is 8.08. The third-order valence-corrected chi connectivity index (χ3v) is 1.86. The predicted molar refractivity (Wildman–Crippen MR) is 49.9 cm³/mol. The number of allylic oxidation sites excluding steroid dienone is 1. The summed E-state index contributed by atoms with van der Waals surface area (Å²) in [5.74, 6) is 0.225. The number of hydrogen-bond acceptors (Lipinski definition) is 2. The topological polar surface area (TPSA) is 37.3 Å². The van der Waals surface area contributed by atoms with Gasteiger partial charge in [-0.2, -0.15) is 0 Å². The highest BCUT2D eigenvalue weighted by atomic mass is 16.3. The molecule has 0 spiro atoms. The zero-order chi connectivity index (χ0) is 9.56. The van der Waals surface area contributed by atoms with Crippen LogP contribution >= 0.6 is 0 Å². The van der Waals surface area contributed by atoms with Gasteiger partial charge in [0.1, 0.15) is 0 Å². The Morgan fingerprint density at radius 1 is 1.58 bits per heavy atom. The van der Waals surface area contributed by atoms with E-state index in [1.807, 2.05) is 6.92 Å². The summed E-state index contributed by atoms with van der Waals surface area (Å²) < 4.78 is 0. The lowest BCUT2D eigenvalue weighted by atomic mass is 9.99. The van der Waals surface area contributed by atoms with Gasteiger partial charge in [0.25, 0.3) is 0 Å². The van der Waals surface area contributed by atoms with E-state index in [1.165, 1.54) is 13.0 Å². The molecule has 0 fully saturated rings. The van der Waals surface area contributed by atoms with Gasteiger partial charge in [0.15, 0.2) is 5.78 Å². The van der Waals surface area contributed by atoms with Crippen molar-refractivity contribution < 1.29 is 9.90 Å². The van der Waals surface area contributed by atoms with E-state index in [0.717, 1.165) is 12.8 Å². The summed E-state index contributed by atoms with van der Waals surface area (Å²) in [6, 6.07) is 0. The van der Waals surface area contributed by atoms with Crippen molar-refractivity contribution in [3.8, 4) is 0 Å². The van der Waals surface area contributed by atoms with Gasteiger partial charge >= 0.3 is 0 Å². The van der Waals surface area contributed by atoms with E-state index in [9.17, 15) is 9.90 Å². The summed E-state index contributed by atoms with van der Waals surface area (Å²) in [6.07, 6.45) is 4.57. The van der Waals surface area contributed by atoms with E-state index < -0.39 is 6.10 Å². The molecular weight excluding hydrogens is 152 g/mol. The minimum Gasteiger partial charge on any atom is -0.389 e. The van der Waals surface area contributed by atoms with E-state index in [4.69, 9.17) is 0 Å². The first kappa shape index (κ1) is 11.4. The summed E-state index contributed by atoms with van der Waals surface area (Å²) in [6.45, 7) is 5.55. The number of hydrogen-bond donors (Lipinski definition) is 1. The van der Waals surface area contributed by atoms with E-state index in [2.05, 4.69) is 6.92 Å². The van der Waals surface area contributed by atoms with Gasteiger partial charge in [-0.15, -0.1) is 0 Å². The Balaban J connectivity index is 3.85. The molecule has 0 aromatic rings. The zero-order valence-electron chi connectivity index (χ0n) is 8.08. The molecule has 0 aromatic carbocycles. The van der Waals surface area contributed by atoms with Crippen molar-refractivity contribution in [3.63, 3.8) is 0 Å². The molecule has 1 N–H and O–H groups in total. The van der Waals surface area contributed by atoms with Crippen LogP contribution in [0.4, 0.5) is 0 Å². The van der Waals surface area contributed by atoms with Crippen LogP contribution in [0.15, 0.2) is 12.2 Å². The SMILES string of the molecule is CCCC(C)C(O)/C=C/C(C)=O. The van der Waals surface area contributed by atoms with E-state index in [-0.39, 0.29) is 11.7 Å². The number of aliphatic hydroxyl groups is 1. The molecule has 2 nitrogen and oxygen atoms in total. The number of aliphatic hydroxyl groups excluding tert-OH is 1. The van der Waals surface area contributed by atoms with Crippen LogP contribution in [0.5, 0.6) is 0 Å². The van der Waals surface area contributed by atoms with Crippen molar-refractivity contribution in [2.75, 3.05) is 0 Å². The normalized spacial score (nSPS) is 16.3. The molecule has 70 valence electrons. The molecule has 0 radical (unpaired) electrons. The lowest BCUT2D eigenvalue weighted by molar-refractivity contribution is -0.112. The highest BCUT2D eigenvalue weighted by molar-refractivity contribution is 5.87. The maximum Gasteiger partial charge on any atom is 0.152 e. The molecule has 0 bridgehead atoms. The van der Waals surface area contributed by atoms with E-state index in [1.54, 1.807) is 6.08 Å². The van der Waals surface area contributed by atoms with Gasteiger partial charge in [-0.05, 0) is 25.3 Å². The largest absolute Gasteiger partial charge is 0.389 e. The molecule has 0 rings (SSSR count). The third kappa shape index (κ3) is 5.08. The Labute approximate surface area is 74.3 Å². The Morgan fingerprint density at radius 2 is 2.17 bits per heavy atom. The van der Waals surface area contributed by atoms with Crippen LogP contribution in [0.3, 0.4) is 0 Å². The van der Waals surface area contributed by atoms with Crippen LogP contribution in [0.25, 0.3) is 0 Å². The fourth-order valence-electron chi connectivity index (χ4n) is 1.05. The van der Waals surface area contributed by atoms with E-state index >= 15 is 0 Å². The first-order valence-electron chi connectivity index (χ1n) is 4.44. The molecule has 0 aliphatic heterocycles. The molecule has 0 saturated carbocycles. The lowest BCUT2D eigenvalue weighted by Crippen LogP contribution is -2.14. The molecule has 2 heteroatoms. The fourth-order valence-corrected chi connectivity index (χ4v) is 1.05. The average molecular weight is 170 g/mol. The monoisotopic (exact) mass is 170 g/mol.